The maximum Gasteiger partial charge on any atom is 0.0839 e. The minimum absolute atomic E-state index is 0.479. The van der Waals surface area contributed by atoms with Crippen LogP contribution in [0.25, 0.3) is 10.9 Å². The molecule has 0 spiro atoms. The van der Waals surface area contributed by atoms with Crippen molar-refractivity contribution in [1.29, 1.82) is 0 Å². The Balaban J connectivity index is 2.82. The monoisotopic (exact) mass is 200 g/mol. The molecule has 2 rings (SSSR count). The Bertz CT molecular complexity index is 408. The molecule has 0 bridgehead atoms. The van der Waals surface area contributed by atoms with E-state index < -0.39 is 0 Å². The quantitative estimate of drug-likeness (QED) is 0.706. The minimum Gasteiger partial charge on any atom is -0.276 e. The molecule has 0 unspecified atom stereocenters. The first-order chi connectivity index (χ1) is 5.83. The van der Waals surface area contributed by atoms with E-state index in [4.69, 9.17) is 23.2 Å². The van der Waals surface area contributed by atoms with E-state index in [1.165, 1.54) is 0 Å². The lowest BCUT2D eigenvalue weighted by molar-refractivity contribution is 1.12. The van der Waals surface area contributed by atoms with E-state index in [-0.39, 0.29) is 0 Å². The molecule has 2 aromatic rings. The molecule has 62 valence electrons. The van der Waals surface area contributed by atoms with E-state index in [1.807, 2.05) is 12.1 Å². The van der Waals surface area contributed by atoms with Crippen molar-refractivity contribution in [3.63, 3.8) is 0 Å². The standard InChI is InChI=1S/C8H6Cl2N2/c9-3-5-1-2-7(10)8-6(5)4-11-12-8/h1-2,4H,3H2,(H,11,12). The van der Waals surface area contributed by atoms with Crippen molar-refractivity contribution < 1.29 is 0 Å². The number of fused-ring (bicyclic) bond motifs is 1. The molecule has 0 fully saturated rings. The van der Waals surface area contributed by atoms with Gasteiger partial charge in [0.25, 0.3) is 0 Å². The van der Waals surface area contributed by atoms with Crippen LogP contribution in [0.15, 0.2) is 18.3 Å². The van der Waals surface area contributed by atoms with Crippen molar-refractivity contribution in [2.75, 3.05) is 0 Å². The highest BCUT2D eigenvalue weighted by molar-refractivity contribution is 6.35. The van der Waals surface area contributed by atoms with E-state index >= 15 is 0 Å². The molecule has 4 heteroatoms. The molecule has 0 aliphatic rings. The van der Waals surface area contributed by atoms with Crippen LogP contribution in [-0.2, 0) is 5.88 Å². The van der Waals surface area contributed by atoms with Crippen LogP contribution in [0.2, 0.25) is 5.02 Å². The summed E-state index contributed by atoms with van der Waals surface area (Å²) in [4.78, 5) is 0. The molecule has 0 aliphatic carbocycles. The third-order valence-corrected chi connectivity index (χ3v) is 2.40. The number of halogens is 2. The third-order valence-electron chi connectivity index (χ3n) is 1.80. The second-order valence-corrected chi connectivity index (χ2v) is 3.17. The summed E-state index contributed by atoms with van der Waals surface area (Å²) in [6.07, 6.45) is 1.74. The second-order valence-electron chi connectivity index (χ2n) is 2.50. The average Bonchev–Trinajstić information content (AvgIpc) is 2.54. The van der Waals surface area contributed by atoms with Crippen LogP contribution >= 0.6 is 23.2 Å². The summed E-state index contributed by atoms with van der Waals surface area (Å²) in [7, 11) is 0. The molecule has 0 saturated carbocycles. The Labute approximate surface area is 79.5 Å². The van der Waals surface area contributed by atoms with E-state index in [2.05, 4.69) is 10.2 Å². The van der Waals surface area contributed by atoms with E-state index in [0.717, 1.165) is 16.5 Å². The van der Waals surface area contributed by atoms with Gasteiger partial charge in [0, 0.05) is 11.3 Å². The van der Waals surface area contributed by atoms with Crippen LogP contribution in [0, 0.1) is 0 Å². The molecule has 12 heavy (non-hydrogen) atoms. The molecule has 0 amide bonds. The van der Waals surface area contributed by atoms with Crippen molar-refractivity contribution in [3.8, 4) is 0 Å². The topological polar surface area (TPSA) is 28.7 Å². The first kappa shape index (κ1) is 7.90. The number of aromatic nitrogens is 2. The van der Waals surface area contributed by atoms with Crippen LogP contribution in [0.5, 0.6) is 0 Å². The van der Waals surface area contributed by atoms with Crippen molar-refractivity contribution in [3.05, 3.63) is 28.9 Å². The number of nitrogens with zero attached hydrogens (tertiary/aromatic N) is 1. The molecule has 0 saturated heterocycles. The van der Waals surface area contributed by atoms with E-state index in [1.54, 1.807) is 6.20 Å². The molecule has 1 aromatic heterocycles. The molecule has 1 aromatic carbocycles. The number of benzene rings is 1. The molecule has 0 aliphatic heterocycles. The molecule has 1 N–H and O–H groups in total. The average molecular weight is 201 g/mol. The minimum atomic E-state index is 0.479. The summed E-state index contributed by atoms with van der Waals surface area (Å²) >= 11 is 11.6. The SMILES string of the molecule is ClCc1ccc(Cl)c2[nH]ncc12. The Hall–Kier alpha value is -0.730. The predicted molar refractivity (Wildman–Crippen MR) is 50.7 cm³/mol. The van der Waals surface area contributed by atoms with Gasteiger partial charge in [0.2, 0.25) is 0 Å². The number of hydrogen-bond acceptors (Lipinski definition) is 1. The number of H-pyrrole nitrogens is 1. The number of aromatic amines is 1. The number of rotatable bonds is 1. The Morgan fingerprint density at radius 3 is 3.00 bits per heavy atom. The maximum atomic E-state index is 5.91. The van der Waals surface area contributed by atoms with Crippen molar-refractivity contribution in [2.24, 2.45) is 0 Å². The number of alkyl halides is 1. The molecule has 2 nitrogen and oxygen atoms in total. The largest absolute Gasteiger partial charge is 0.276 e. The summed E-state index contributed by atoms with van der Waals surface area (Å²) in [5.74, 6) is 0.479. The van der Waals surface area contributed by atoms with Crippen molar-refractivity contribution in [2.45, 2.75) is 5.88 Å². The molecular weight excluding hydrogens is 195 g/mol. The molecular formula is C8H6Cl2N2. The highest BCUT2D eigenvalue weighted by Gasteiger charge is 2.04. The first-order valence-corrected chi connectivity index (χ1v) is 4.40. The molecule has 0 radical (unpaired) electrons. The van der Waals surface area contributed by atoms with Crippen LogP contribution in [0.1, 0.15) is 5.56 Å². The predicted octanol–water partition coefficient (Wildman–Crippen LogP) is 2.96. The van der Waals surface area contributed by atoms with Crippen LogP contribution in [0.4, 0.5) is 0 Å². The smallest absolute Gasteiger partial charge is 0.0839 e. The highest BCUT2D eigenvalue weighted by atomic mass is 35.5. The lowest BCUT2D eigenvalue weighted by Crippen LogP contribution is -1.79. The lowest BCUT2D eigenvalue weighted by atomic mass is 10.1. The summed E-state index contributed by atoms with van der Waals surface area (Å²) in [5, 5.41) is 8.40. The molecule has 1 heterocycles. The van der Waals surface area contributed by atoms with Gasteiger partial charge in [-0.25, -0.2) is 0 Å². The van der Waals surface area contributed by atoms with Crippen molar-refractivity contribution >= 4 is 34.1 Å². The van der Waals surface area contributed by atoms with Gasteiger partial charge in [0.05, 0.1) is 16.7 Å². The van der Waals surface area contributed by atoms with Gasteiger partial charge < -0.3 is 0 Å². The number of nitrogens with one attached hydrogen (secondary N) is 1. The summed E-state index contributed by atoms with van der Waals surface area (Å²) < 4.78 is 0. The zero-order chi connectivity index (χ0) is 8.55. The maximum absolute atomic E-state index is 5.91. The van der Waals surface area contributed by atoms with E-state index in [0.29, 0.717) is 10.9 Å². The van der Waals surface area contributed by atoms with Gasteiger partial charge in [-0.1, -0.05) is 17.7 Å². The fraction of sp³-hybridized carbons (Fsp3) is 0.125. The fourth-order valence-electron chi connectivity index (χ4n) is 1.18. The van der Waals surface area contributed by atoms with Gasteiger partial charge in [-0.2, -0.15) is 5.10 Å². The van der Waals surface area contributed by atoms with Crippen LogP contribution in [0.3, 0.4) is 0 Å². The summed E-state index contributed by atoms with van der Waals surface area (Å²) in [6.45, 7) is 0. The number of hydrogen-bond donors (Lipinski definition) is 1. The Morgan fingerprint density at radius 1 is 1.42 bits per heavy atom. The Kier molecular flexibility index (Phi) is 1.95. The zero-order valence-corrected chi connectivity index (χ0v) is 7.65. The van der Waals surface area contributed by atoms with Crippen LogP contribution < -0.4 is 0 Å². The molecule has 0 atom stereocenters. The third kappa shape index (κ3) is 1.08. The van der Waals surface area contributed by atoms with Gasteiger partial charge in [-0.05, 0) is 11.6 Å². The van der Waals surface area contributed by atoms with Crippen molar-refractivity contribution in [1.82, 2.24) is 10.2 Å². The fourth-order valence-corrected chi connectivity index (χ4v) is 1.62. The second kappa shape index (κ2) is 2.96. The zero-order valence-electron chi connectivity index (χ0n) is 6.14. The summed E-state index contributed by atoms with van der Waals surface area (Å²) in [6, 6.07) is 3.73. The van der Waals surface area contributed by atoms with Gasteiger partial charge in [-0.3, -0.25) is 5.10 Å². The van der Waals surface area contributed by atoms with Gasteiger partial charge in [0.1, 0.15) is 0 Å². The van der Waals surface area contributed by atoms with Gasteiger partial charge in [0.15, 0.2) is 0 Å². The lowest BCUT2D eigenvalue weighted by Gasteiger charge is -1.97. The van der Waals surface area contributed by atoms with Crippen LogP contribution in [-0.4, -0.2) is 10.2 Å². The summed E-state index contributed by atoms with van der Waals surface area (Å²) in [5.41, 5.74) is 1.90. The highest BCUT2D eigenvalue weighted by Crippen LogP contribution is 2.25. The Morgan fingerprint density at radius 2 is 2.25 bits per heavy atom. The normalized spacial score (nSPS) is 10.8. The first-order valence-electron chi connectivity index (χ1n) is 3.49. The van der Waals surface area contributed by atoms with Gasteiger partial charge >= 0.3 is 0 Å². The van der Waals surface area contributed by atoms with E-state index in [9.17, 15) is 0 Å². The van der Waals surface area contributed by atoms with Gasteiger partial charge in [-0.15, -0.1) is 11.6 Å².